The third kappa shape index (κ3) is 3.17. The summed E-state index contributed by atoms with van der Waals surface area (Å²) in [4.78, 5) is 34.6. The Kier molecular flexibility index (Phi) is 4.37. The molecule has 0 bridgehead atoms. The van der Waals surface area contributed by atoms with Crippen LogP contribution in [0, 0.1) is 13.8 Å². The first-order valence-electron chi connectivity index (χ1n) is 8.40. The van der Waals surface area contributed by atoms with Crippen LogP contribution in [0.1, 0.15) is 20.4 Å². The zero-order chi connectivity index (χ0) is 18.1. The molecule has 1 amide bonds. The molecule has 1 aliphatic heterocycles. The third-order valence-corrected chi connectivity index (χ3v) is 5.46. The van der Waals surface area contributed by atoms with E-state index in [0.717, 1.165) is 40.3 Å². The highest BCUT2D eigenvalue weighted by Gasteiger charge is 2.25. The maximum Gasteiger partial charge on any atom is 0.265 e. The minimum Gasteiger partial charge on any atom is -0.353 e. The fraction of sp³-hybridized carbons (Fsp3) is 0.353. The number of aryl methyl sites for hydroxylation is 2. The maximum absolute atomic E-state index is 12.7. The van der Waals surface area contributed by atoms with Crippen LogP contribution in [0.4, 0.5) is 5.82 Å². The molecule has 0 spiro atoms. The summed E-state index contributed by atoms with van der Waals surface area (Å²) in [5.41, 5.74) is 0.820. The summed E-state index contributed by atoms with van der Waals surface area (Å²) in [6.07, 6.45) is 6.84. The normalized spacial score (nSPS) is 14.7. The second-order valence-electron chi connectivity index (χ2n) is 6.13. The van der Waals surface area contributed by atoms with E-state index in [-0.39, 0.29) is 5.91 Å². The lowest BCUT2D eigenvalue weighted by atomic mass is 10.2. The third-order valence-electron chi connectivity index (χ3n) is 4.40. The monoisotopic (exact) mass is 369 g/mol. The van der Waals surface area contributed by atoms with Crippen LogP contribution in [0.5, 0.6) is 0 Å². The maximum atomic E-state index is 12.7. The number of hydrogen-bond donors (Lipinski definition) is 0. The number of rotatable bonds is 3. The van der Waals surface area contributed by atoms with Gasteiger partial charge in [-0.1, -0.05) is 0 Å². The lowest BCUT2D eigenvalue weighted by molar-refractivity contribution is 0.0750. The molecule has 0 saturated carbocycles. The highest BCUT2D eigenvalue weighted by Crippen LogP contribution is 2.21. The van der Waals surface area contributed by atoms with Gasteiger partial charge in [0.1, 0.15) is 29.2 Å². The highest BCUT2D eigenvalue weighted by molar-refractivity contribution is 7.13. The Bertz CT molecular complexity index is 913. The molecule has 3 aromatic rings. The smallest absolute Gasteiger partial charge is 0.265 e. The van der Waals surface area contributed by atoms with Gasteiger partial charge in [0.25, 0.3) is 5.91 Å². The van der Waals surface area contributed by atoms with E-state index >= 15 is 0 Å². The van der Waals surface area contributed by atoms with Crippen molar-refractivity contribution in [2.24, 2.45) is 0 Å². The van der Waals surface area contributed by atoms with Crippen LogP contribution in [0.2, 0.25) is 0 Å². The number of carbonyl (C=O) groups is 1. The molecule has 1 aliphatic rings. The number of piperazine rings is 1. The topological polar surface area (TPSA) is 80.0 Å². The van der Waals surface area contributed by atoms with Crippen molar-refractivity contribution in [2.45, 2.75) is 13.8 Å². The minimum atomic E-state index is 0.0783. The van der Waals surface area contributed by atoms with Gasteiger partial charge in [0.05, 0.1) is 10.7 Å². The molecule has 4 heterocycles. The van der Waals surface area contributed by atoms with E-state index in [1.165, 1.54) is 11.3 Å². The average Bonchev–Trinajstić information content (AvgIpc) is 3.31. The standard InChI is InChI=1S/C17H19N7OS/c1-12-16(26-13(2)21-12)17(25)23-7-5-22(6-8-23)14-9-15(20-10-19-14)24-4-3-18-11-24/h3-4,9-11H,5-8H2,1-2H3. The Morgan fingerprint density at radius 1 is 1.12 bits per heavy atom. The van der Waals surface area contributed by atoms with E-state index in [2.05, 4.69) is 24.8 Å². The van der Waals surface area contributed by atoms with Gasteiger partial charge in [-0.3, -0.25) is 9.36 Å². The predicted octanol–water partition coefficient (Wildman–Crippen LogP) is 1.70. The van der Waals surface area contributed by atoms with Gasteiger partial charge in [-0.05, 0) is 13.8 Å². The van der Waals surface area contributed by atoms with Gasteiger partial charge < -0.3 is 9.80 Å². The number of amides is 1. The summed E-state index contributed by atoms with van der Waals surface area (Å²) in [6, 6.07) is 1.94. The van der Waals surface area contributed by atoms with Crippen molar-refractivity contribution in [3.05, 3.63) is 46.7 Å². The zero-order valence-corrected chi connectivity index (χ0v) is 15.5. The number of anilines is 1. The van der Waals surface area contributed by atoms with Crippen LogP contribution >= 0.6 is 11.3 Å². The average molecular weight is 369 g/mol. The van der Waals surface area contributed by atoms with Gasteiger partial charge in [-0.25, -0.2) is 19.9 Å². The van der Waals surface area contributed by atoms with E-state index in [1.54, 1.807) is 18.9 Å². The minimum absolute atomic E-state index is 0.0783. The molecular formula is C17H19N7OS. The molecule has 134 valence electrons. The van der Waals surface area contributed by atoms with Gasteiger partial charge in [-0.15, -0.1) is 11.3 Å². The Labute approximate surface area is 155 Å². The lowest BCUT2D eigenvalue weighted by Gasteiger charge is -2.35. The van der Waals surface area contributed by atoms with Crippen molar-refractivity contribution in [1.82, 2.24) is 29.4 Å². The quantitative estimate of drug-likeness (QED) is 0.699. The highest BCUT2D eigenvalue weighted by atomic mass is 32.1. The fourth-order valence-corrected chi connectivity index (χ4v) is 3.95. The zero-order valence-electron chi connectivity index (χ0n) is 14.7. The first-order chi connectivity index (χ1) is 12.6. The van der Waals surface area contributed by atoms with E-state index in [1.807, 2.05) is 35.6 Å². The largest absolute Gasteiger partial charge is 0.353 e. The van der Waals surface area contributed by atoms with Crippen molar-refractivity contribution < 1.29 is 4.79 Å². The molecule has 1 fully saturated rings. The molecule has 0 aromatic carbocycles. The molecule has 26 heavy (non-hydrogen) atoms. The van der Waals surface area contributed by atoms with E-state index in [0.29, 0.717) is 13.1 Å². The van der Waals surface area contributed by atoms with Crippen molar-refractivity contribution >= 4 is 23.1 Å². The number of imidazole rings is 1. The summed E-state index contributed by atoms with van der Waals surface area (Å²) in [6.45, 7) is 6.63. The summed E-state index contributed by atoms with van der Waals surface area (Å²) < 4.78 is 1.85. The molecule has 8 nitrogen and oxygen atoms in total. The van der Waals surface area contributed by atoms with Crippen LogP contribution in [-0.4, -0.2) is 61.5 Å². The van der Waals surface area contributed by atoms with Crippen molar-refractivity contribution in [3.8, 4) is 5.82 Å². The van der Waals surface area contributed by atoms with Crippen LogP contribution in [0.15, 0.2) is 31.1 Å². The lowest BCUT2D eigenvalue weighted by Crippen LogP contribution is -2.49. The van der Waals surface area contributed by atoms with Crippen LogP contribution in [0.25, 0.3) is 5.82 Å². The fourth-order valence-electron chi connectivity index (χ4n) is 3.06. The number of hydrogen-bond acceptors (Lipinski definition) is 7. The van der Waals surface area contributed by atoms with Gasteiger partial charge in [0.15, 0.2) is 0 Å². The number of nitrogens with zero attached hydrogens (tertiary/aromatic N) is 7. The first-order valence-corrected chi connectivity index (χ1v) is 9.22. The number of aromatic nitrogens is 5. The van der Waals surface area contributed by atoms with Crippen LogP contribution in [0.3, 0.4) is 0 Å². The van der Waals surface area contributed by atoms with Gasteiger partial charge >= 0.3 is 0 Å². The molecule has 4 rings (SSSR count). The van der Waals surface area contributed by atoms with Crippen molar-refractivity contribution in [1.29, 1.82) is 0 Å². The Morgan fingerprint density at radius 3 is 2.54 bits per heavy atom. The Balaban J connectivity index is 1.45. The molecule has 9 heteroatoms. The number of thiazole rings is 1. The molecule has 0 radical (unpaired) electrons. The summed E-state index contributed by atoms with van der Waals surface area (Å²) in [5.74, 6) is 1.72. The first kappa shape index (κ1) is 16.6. The van der Waals surface area contributed by atoms with Crippen molar-refractivity contribution in [3.63, 3.8) is 0 Å². The van der Waals surface area contributed by atoms with Gasteiger partial charge in [-0.2, -0.15) is 0 Å². The molecule has 0 aliphatic carbocycles. The molecular weight excluding hydrogens is 350 g/mol. The second kappa shape index (κ2) is 6.83. The molecule has 0 N–H and O–H groups in total. The summed E-state index contributed by atoms with van der Waals surface area (Å²) in [5, 5.41) is 0.928. The molecule has 0 atom stereocenters. The number of carbonyl (C=O) groups excluding carboxylic acids is 1. The van der Waals surface area contributed by atoms with E-state index in [4.69, 9.17) is 0 Å². The predicted molar refractivity (Wildman–Crippen MR) is 98.9 cm³/mol. The summed E-state index contributed by atoms with van der Waals surface area (Å²) >= 11 is 1.47. The molecule has 0 unspecified atom stereocenters. The van der Waals surface area contributed by atoms with Gasteiger partial charge in [0.2, 0.25) is 0 Å². The summed E-state index contributed by atoms with van der Waals surface area (Å²) in [7, 11) is 0. The van der Waals surface area contributed by atoms with Crippen LogP contribution < -0.4 is 4.90 Å². The molecule has 1 saturated heterocycles. The van der Waals surface area contributed by atoms with Crippen molar-refractivity contribution in [2.75, 3.05) is 31.1 Å². The SMILES string of the molecule is Cc1nc(C)c(C(=O)N2CCN(c3cc(-n4ccnc4)ncn3)CC2)s1. The second-order valence-corrected chi connectivity index (χ2v) is 7.33. The Morgan fingerprint density at radius 2 is 1.88 bits per heavy atom. The Hall–Kier alpha value is -2.81. The van der Waals surface area contributed by atoms with Crippen LogP contribution in [-0.2, 0) is 0 Å². The van der Waals surface area contributed by atoms with E-state index < -0.39 is 0 Å². The van der Waals surface area contributed by atoms with E-state index in [9.17, 15) is 4.79 Å². The molecule has 3 aromatic heterocycles. The van der Waals surface area contributed by atoms with Gasteiger partial charge in [0, 0.05) is 44.6 Å².